The van der Waals surface area contributed by atoms with Gasteiger partial charge >= 0.3 is 6.03 Å². The van der Waals surface area contributed by atoms with Crippen LogP contribution in [-0.2, 0) is 9.59 Å². The fraction of sp³-hybridized carbons (Fsp3) is 0.824. The molecule has 23 heavy (non-hydrogen) atoms. The smallest absolute Gasteiger partial charge is 0.322 e. The third-order valence-electron chi connectivity index (χ3n) is 4.86. The van der Waals surface area contributed by atoms with Crippen molar-refractivity contribution in [3.05, 3.63) is 0 Å². The zero-order valence-corrected chi connectivity index (χ0v) is 14.2. The van der Waals surface area contributed by atoms with Gasteiger partial charge in [-0.2, -0.15) is 5.01 Å². The van der Waals surface area contributed by atoms with E-state index in [1.54, 1.807) is 0 Å². The molecule has 0 radical (unpaired) electrons. The Morgan fingerprint density at radius 1 is 1.09 bits per heavy atom. The van der Waals surface area contributed by atoms with Crippen LogP contribution < -0.4 is 10.7 Å². The zero-order chi connectivity index (χ0) is 16.7. The predicted octanol–water partition coefficient (Wildman–Crippen LogP) is 3.02. The first-order valence-corrected chi connectivity index (χ1v) is 9.05. The Morgan fingerprint density at radius 3 is 2.43 bits per heavy atom. The number of hydrogen-bond donors (Lipinski definition) is 2. The molecule has 2 rings (SSSR count). The summed E-state index contributed by atoms with van der Waals surface area (Å²) in [6, 6.07) is -0.492. The summed E-state index contributed by atoms with van der Waals surface area (Å²) >= 11 is 0. The van der Waals surface area contributed by atoms with E-state index in [9.17, 15) is 14.4 Å². The second-order valence-corrected chi connectivity index (χ2v) is 6.77. The first-order valence-electron chi connectivity index (χ1n) is 9.05. The van der Waals surface area contributed by atoms with Crippen LogP contribution in [0.1, 0.15) is 84.0 Å². The number of rotatable bonds is 8. The Balaban J connectivity index is 1.75. The van der Waals surface area contributed by atoms with Gasteiger partial charge in [0, 0.05) is 6.42 Å². The molecule has 130 valence electrons. The van der Waals surface area contributed by atoms with Gasteiger partial charge < -0.3 is 5.32 Å². The summed E-state index contributed by atoms with van der Waals surface area (Å²) in [5.74, 6) is -0.546. The average molecular weight is 323 g/mol. The van der Waals surface area contributed by atoms with Crippen molar-refractivity contribution in [2.24, 2.45) is 0 Å². The number of nitrogens with one attached hydrogen (secondary N) is 2. The van der Waals surface area contributed by atoms with E-state index in [0.29, 0.717) is 19.3 Å². The molecule has 0 aromatic rings. The molecule has 1 spiro atoms. The van der Waals surface area contributed by atoms with E-state index in [2.05, 4.69) is 17.7 Å². The minimum Gasteiger partial charge on any atom is -0.322 e. The summed E-state index contributed by atoms with van der Waals surface area (Å²) in [6.07, 6.45) is 11.2. The van der Waals surface area contributed by atoms with E-state index in [0.717, 1.165) is 43.5 Å². The molecule has 0 atom stereocenters. The molecule has 1 saturated carbocycles. The first-order chi connectivity index (χ1) is 11.1. The highest BCUT2D eigenvalue weighted by atomic mass is 16.2. The molecule has 0 aromatic heterocycles. The monoisotopic (exact) mass is 323 g/mol. The normalized spacial score (nSPS) is 20.0. The van der Waals surface area contributed by atoms with Crippen LogP contribution in [0.5, 0.6) is 0 Å². The lowest BCUT2D eigenvalue weighted by atomic mass is 9.82. The van der Waals surface area contributed by atoms with Gasteiger partial charge in [-0.05, 0) is 19.3 Å². The molecular weight excluding hydrogens is 294 g/mol. The van der Waals surface area contributed by atoms with Crippen LogP contribution in [0.3, 0.4) is 0 Å². The Morgan fingerprint density at radius 2 is 1.74 bits per heavy atom. The lowest BCUT2D eigenvalue weighted by Crippen LogP contribution is -2.50. The van der Waals surface area contributed by atoms with Crippen molar-refractivity contribution in [2.75, 3.05) is 0 Å². The van der Waals surface area contributed by atoms with E-state index in [-0.39, 0.29) is 11.8 Å². The second-order valence-electron chi connectivity index (χ2n) is 6.77. The molecule has 1 saturated heterocycles. The number of nitrogens with zero attached hydrogens (tertiary/aromatic N) is 1. The number of carbonyl (C=O) groups excluding carboxylic acids is 3. The molecule has 0 aromatic carbocycles. The fourth-order valence-corrected chi connectivity index (χ4v) is 3.46. The van der Waals surface area contributed by atoms with Crippen molar-refractivity contribution >= 4 is 17.8 Å². The molecule has 4 amide bonds. The summed E-state index contributed by atoms with van der Waals surface area (Å²) in [5.41, 5.74) is 1.71. The Hall–Kier alpha value is -1.59. The number of imide groups is 1. The third kappa shape index (κ3) is 4.45. The number of unbranched alkanes of at least 4 members (excludes halogenated alkanes) is 5. The van der Waals surface area contributed by atoms with Crippen LogP contribution in [0, 0.1) is 0 Å². The van der Waals surface area contributed by atoms with Gasteiger partial charge in [-0.1, -0.05) is 58.3 Å². The maximum atomic E-state index is 12.5. The summed E-state index contributed by atoms with van der Waals surface area (Å²) in [5, 5.41) is 3.68. The summed E-state index contributed by atoms with van der Waals surface area (Å²) in [4.78, 5) is 36.5. The second kappa shape index (κ2) is 8.31. The topological polar surface area (TPSA) is 78.5 Å². The highest BCUT2D eigenvalue weighted by Gasteiger charge is 2.52. The quantitative estimate of drug-likeness (QED) is 0.532. The van der Waals surface area contributed by atoms with E-state index >= 15 is 0 Å². The minimum absolute atomic E-state index is 0.253. The molecule has 6 heteroatoms. The van der Waals surface area contributed by atoms with E-state index in [1.165, 1.54) is 19.3 Å². The third-order valence-corrected chi connectivity index (χ3v) is 4.86. The van der Waals surface area contributed by atoms with Crippen LogP contribution in [0.2, 0.25) is 0 Å². The number of urea groups is 1. The standard InChI is InChI=1S/C17H29N3O3/c1-2-3-4-5-6-8-11-14(21)19-20-15(22)17(18-16(20)23)12-9-7-10-13-17/h2-13H2,1H3,(H,18,23)(H,19,21). The van der Waals surface area contributed by atoms with Gasteiger partial charge in [0.25, 0.3) is 5.91 Å². The Kier molecular flexibility index (Phi) is 6.42. The van der Waals surface area contributed by atoms with Gasteiger partial charge in [-0.15, -0.1) is 0 Å². The Bertz CT molecular complexity index is 444. The van der Waals surface area contributed by atoms with Crippen LogP contribution in [0.15, 0.2) is 0 Å². The summed E-state index contributed by atoms with van der Waals surface area (Å²) in [6.45, 7) is 2.17. The molecule has 0 unspecified atom stereocenters. The molecular formula is C17H29N3O3. The minimum atomic E-state index is -0.775. The molecule has 1 aliphatic carbocycles. The first kappa shape index (κ1) is 17.8. The predicted molar refractivity (Wildman–Crippen MR) is 87.3 cm³/mol. The fourth-order valence-electron chi connectivity index (χ4n) is 3.46. The summed E-state index contributed by atoms with van der Waals surface area (Å²) in [7, 11) is 0. The van der Waals surface area contributed by atoms with Crippen molar-refractivity contribution in [3.8, 4) is 0 Å². The zero-order valence-electron chi connectivity index (χ0n) is 14.2. The number of amides is 4. The van der Waals surface area contributed by atoms with Gasteiger partial charge in [-0.25, -0.2) is 4.79 Å². The van der Waals surface area contributed by atoms with Crippen molar-refractivity contribution in [3.63, 3.8) is 0 Å². The van der Waals surface area contributed by atoms with Crippen LogP contribution in [0.4, 0.5) is 4.79 Å². The highest BCUT2D eigenvalue weighted by molar-refractivity contribution is 6.07. The van der Waals surface area contributed by atoms with Gasteiger partial charge in [0.1, 0.15) is 5.54 Å². The largest absolute Gasteiger partial charge is 0.344 e. The molecule has 0 bridgehead atoms. The van der Waals surface area contributed by atoms with E-state index in [4.69, 9.17) is 0 Å². The van der Waals surface area contributed by atoms with Crippen molar-refractivity contribution in [2.45, 2.75) is 89.5 Å². The molecule has 1 aliphatic heterocycles. The lowest BCUT2D eigenvalue weighted by Gasteiger charge is -2.30. The molecule has 1 heterocycles. The summed E-state index contributed by atoms with van der Waals surface area (Å²) < 4.78 is 0. The van der Waals surface area contributed by atoms with E-state index < -0.39 is 11.6 Å². The molecule has 6 nitrogen and oxygen atoms in total. The maximum absolute atomic E-state index is 12.5. The molecule has 2 aliphatic rings. The van der Waals surface area contributed by atoms with E-state index in [1.807, 2.05) is 0 Å². The van der Waals surface area contributed by atoms with Gasteiger partial charge in [0.05, 0.1) is 0 Å². The molecule has 2 fully saturated rings. The van der Waals surface area contributed by atoms with Gasteiger partial charge in [0.15, 0.2) is 0 Å². The average Bonchev–Trinajstić information content (AvgIpc) is 2.76. The van der Waals surface area contributed by atoms with Gasteiger partial charge in [0.2, 0.25) is 5.91 Å². The number of hydrogen-bond acceptors (Lipinski definition) is 3. The number of carbonyl (C=O) groups is 3. The maximum Gasteiger partial charge on any atom is 0.344 e. The molecule has 2 N–H and O–H groups in total. The lowest BCUT2D eigenvalue weighted by molar-refractivity contribution is -0.139. The van der Waals surface area contributed by atoms with Crippen LogP contribution in [-0.4, -0.2) is 28.4 Å². The van der Waals surface area contributed by atoms with Crippen LogP contribution in [0.25, 0.3) is 0 Å². The SMILES string of the molecule is CCCCCCCCC(=O)NN1C(=O)NC2(CCCCC2)C1=O. The Labute approximate surface area is 138 Å². The highest BCUT2D eigenvalue weighted by Crippen LogP contribution is 2.32. The van der Waals surface area contributed by atoms with Crippen molar-refractivity contribution < 1.29 is 14.4 Å². The number of hydrazine groups is 1. The van der Waals surface area contributed by atoms with Crippen molar-refractivity contribution in [1.29, 1.82) is 0 Å². The van der Waals surface area contributed by atoms with Crippen LogP contribution >= 0.6 is 0 Å². The van der Waals surface area contributed by atoms with Gasteiger partial charge in [-0.3, -0.25) is 15.0 Å². The van der Waals surface area contributed by atoms with Crippen molar-refractivity contribution in [1.82, 2.24) is 15.8 Å².